The maximum Gasteiger partial charge on any atom is 0.224 e. The number of aromatic nitrogens is 2. The zero-order valence-electron chi connectivity index (χ0n) is 16.9. The summed E-state index contributed by atoms with van der Waals surface area (Å²) in [5.74, 6) is 0.849. The van der Waals surface area contributed by atoms with Gasteiger partial charge in [-0.1, -0.05) is 26.0 Å². The number of carbonyl (C=O) groups is 1. The average Bonchev–Trinajstić information content (AvgIpc) is 3.24. The Labute approximate surface area is 170 Å². The number of amides is 1. The van der Waals surface area contributed by atoms with Gasteiger partial charge in [-0.3, -0.25) is 9.48 Å². The fourth-order valence-electron chi connectivity index (χ4n) is 3.20. The van der Waals surface area contributed by atoms with Crippen molar-refractivity contribution >= 4 is 17.7 Å². The van der Waals surface area contributed by atoms with Gasteiger partial charge in [-0.15, -0.1) is 11.8 Å². The third-order valence-electron chi connectivity index (χ3n) is 4.45. The Morgan fingerprint density at radius 1 is 1.21 bits per heavy atom. The predicted octanol–water partition coefficient (Wildman–Crippen LogP) is 4.62. The lowest BCUT2D eigenvalue weighted by atomic mass is 10.1. The van der Waals surface area contributed by atoms with Crippen molar-refractivity contribution in [3.05, 3.63) is 59.6 Å². The van der Waals surface area contributed by atoms with Gasteiger partial charge in [0, 0.05) is 22.4 Å². The lowest BCUT2D eigenvalue weighted by Gasteiger charge is -2.08. The standard InChI is InChI=1S/C22H27N3O2S/c1-15(2)28-19-9-7-18(8-10-19)14-21(26)23-11-12-25-17(4)22(16(3)24-25)20-6-5-13-27-20/h5-10,13,15H,11-12,14H2,1-4H3,(H,23,26). The molecule has 3 rings (SSSR count). The highest BCUT2D eigenvalue weighted by molar-refractivity contribution is 7.99. The van der Waals surface area contributed by atoms with E-state index in [2.05, 4.69) is 36.4 Å². The minimum atomic E-state index is 0.0250. The van der Waals surface area contributed by atoms with Gasteiger partial charge in [0.25, 0.3) is 0 Å². The summed E-state index contributed by atoms with van der Waals surface area (Å²) in [5, 5.41) is 8.12. The molecule has 0 saturated heterocycles. The average molecular weight is 398 g/mol. The minimum Gasteiger partial charge on any atom is -0.464 e. The van der Waals surface area contributed by atoms with Gasteiger partial charge in [0.15, 0.2) is 0 Å². The number of hydrogen-bond donors (Lipinski definition) is 1. The molecule has 0 aliphatic carbocycles. The van der Waals surface area contributed by atoms with E-state index >= 15 is 0 Å². The molecule has 0 saturated carbocycles. The smallest absolute Gasteiger partial charge is 0.224 e. The SMILES string of the molecule is Cc1nn(CCNC(=O)Cc2ccc(SC(C)C)cc2)c(C)c1-c1ccco1. The molecule has 0 spiro atoms. The van der Waals surface area contributed by atoms with Crippen molar-refractivity contribution in [1.29, 1.82) is 0 Å². The molecule has 0 atom stereocenters. The Morgan fingerprint density at radius 2 is 1.96 bits per heavy atom. The van der Waals surface area contributed by atoms with Crippen molar-refractivity contribution in [1.82, 2.24) is 15.1 Å². The molecule has 0 unspecified atom stereocenters. The number of rotatable bonds is 8. The van der Waals surface area contributed by atoms with Gasteiger partial charge in [0.2, 0.25) is 5.91 Å². The van der Waals surface area contributed by atoms with Crippen molar-refractivity contribution in [2.45, 2.75) is 50.8 Å². The molecule has 0 fully saturated rings. The third-order valence-corrected chi connectivity index (χ3v) is 5.47. The highest BCUT2D eigenvalue weighted by Gasteiger charge is 2.15. The summed E-state index contributed by atoms with van der Waals surface area (Å²) in [6, 6.07) is 12.0. The number of hydrogen-bond acceptors (Lipinski definition) is 4. The van der Waals surface area contributed by atoms with Crippen LogP contribution < -0.4 is 5.32 Å². The van der Waals surface area contributed by atoms with Gasteiger partial charge in [-0.2, -0.15) is 5.10 Å². The van der Waals surface area contributed by atoms with Crippen LogP contribution in [0.4, 0.5) is 0 Å². The van der Waals surface area contributed by atoms with Crippen molar-refractivity contribution in [2.75, 3.05) is 6.54 Å². The second-order valence-electron chi connectivity index (χ2n) is 7.08. The summed E-state index contributed by atoms with van der Waals surface area (Å²) < 4.78 is 7.43. The van der Waals surface area contributed by atoms with Gasteiger partial charge in [-0.25, -0.2) is 0 Å². The van der Waals surface area contributed by atoms with E-state index in [0.29, 0.717) is 24.8 Å². The number of thioether (sulfide) groups is 1. The quantitative estimate of drug-likeness (QED) is 0.564. The van der Waals surface area contributed by atoms with E-state index in [0.717, 1.165) is 28.3 Å². The summed E-state index contributed by atoms with van der Waals surface area (Å²) in [6.45, 7) is 9.51. The van der Waals surface area contributed by atoms with Crippen LogP contribution in [-0.2, 0) is 17.8 Å². The van der Waals surface area contributed by atoms with Crippen LogP contribution in [0.5, 0.6) is 0 Å². The lowest BCUT2D eigenvalue weighted by molar-refractivity contribution is -0.120. The van der Waals surface area contributed by atoms with Crippen LogP contribution in [0.25, 0.3) is 11.3 Å². The van der Waals surface area contributed by atoms with Gasteiger partial charge in [-0.05, 0) is 43.7 Å². The van der Waals surface area contributed by atoms with E-state index in [1.54, 1.807) is 6.26 Å². The second kappa shape index (κ2) is 9.15. The van der Waals surface area contributed by atoms with Gasteiger partial charge >= 0.3 is 0 Å². The highest BCUT2D eigenvalue weighted by Crippen LogP contribution is 2.27. The first-order valence-corrected chi connectivity index (χ1v) is 10.4. The van der Waals surface area contributed by atoms with E-state index in [4.69, 9.17) is 4.42 Å². The molecule has 28 heavy (non-hydrogen) atoms. The topological polar surface area (TPSA) is 60.1 Å². The Bertz CT molecular complexity index is 912. The van der Waals surface area contributed by atoms with Crippen LogP contribution in [0, 0.1) is 13.8 Å². The van der Waals surface area contributed by atoms with Crippen LogP contribution in [0.3, 0.4) is 0 Å². The van der Waals surface area contributed by atoms with Crippen LogP contribution in [0.1, 0.15) is 30.8 Å². The van der Waals surface area contributed by atoms with Gasteiger partial charge < -0.3 is 9.73 Å². The number of carbonyl (C=O) groups excluding carboxylic acids is 1. The summed E-state index contributed by atoms with van der Waals surface area (Å²) in [6.07, 6.45) is 2.06. The second-order valence-corrected chi connectivity index (χ2v) is 8.73. The maximum atomic E-state index is 12.2. The van der Waals surface area contributed by atoms with Gasteiger partial charge in [0.1, 0.15) is 5.76 Å². The van der Waals surface area contributed by atoms with E-state index in [-0.39, 0.29) is 5.91 Å². The molecule has 0 aliphatic rings. The van der Waals surface area contributed by atoms with E-state index in [1.807, 2.05) is 54.6 Å². The number of nitrogens with zero attached hydrogens (tertiary/aromatic N) is 2. The number of benzene rings is 1. The van der Waals surface area contributed by atoms with Crippen LogP contribution in [-0.4, -0.2) is 27.5 Å². The van der Waals surface area contributed by atoms with Crippen molar-refractivity contribution in [3.63, 3.8) is 0 Å². The molecule has 0 aliphatic heterocycles. The first-order chi connectivity index (χ1) is 13.4. The first-order valence-electron chi connectivity index (χ1n) is 9.54. The van der Waals surface area contributed by atoms with Crippen LogP contribution in [0.15, 0.2) is 52.0 Å². The fraction of sp³-hybridized carbons (Fsp3) is 0.364. The van der Waals surface area contributed by atoms with Crippen molar-refractivity contribution in [2.24, 2.45) is 0 Å². The minimum absolute atomic E-state index is 0.0250. The van der Waals surface area contributed by atoms with E-state index < -0.39 is 0 Å². The molecule has 6 heteroatoms. The van der Waals surface area contributed by atoms with E-state index in [9.17, 15) is 4.79 Å². The predicted molar refractivity (Wildman–Crippen MR) is 114 cm³/mol. The highest BCUT2D eigenvalue weighted by atomic mass is 32.2. The van der Waals surface area contributed by atoms with Crippen LogP contribution in [0.2, 0.25) is 0 Å². The van der Waals surface area contributed by atoms with E-state index in [1.165, 1.54) is 4.90 Å². The lowest BCUT2D eigenvalue weighted by Crippen LogP contribution is -2.29. The zero-order valence-corrected chi connectivity index (χ0v) is 17.7. The Kier molecular flexibility index (Phi) is 6.62. The molecule has 2 aromatic heterocycles. The number of furan rings is 1. The normalized spacial score (nSPS) is 11.2. The zero-order chi connectivity index (χ0) is 20.1. The molecular formula is C22H27N3O2S. The number of nitrogens with one attached hydrogen (secondary N) is 1. The Morgan fingerprint density at radius 3 is 2.61 bits per heavy atom. The van der Waals surface area contributed by atoms with Crippen molar-refractivity contribution < 1.29 is 9.21 Å². The molecule has 1 aromatic carbocycles. The number of aryl methyl sites for hydroxylation is 1. The first kappa shape index (κ1) is 20.3. The van der Waals surface area contributed by atoms with Crippen molar-refractivity contribution in [3.8, 4) is 11.3 Å². The monoisotopic (exact) mass is 397 g/mol. The molecule has 2 heterocycles. The third kappa shape index (κ3) is 5.07. The molecule has 1 amide bonds. The maximum absolute atomic E-state index is 12.2. The van der Waals surface area contributed by atoms with Crippen LogP contribution >= 0.6 is 11.8 Å². The molecule has 0 bridgehead atoms. The summed E-state index contributed by atoms with van der Waals surface area (Å²) >= 11 is 1.82. The Hall–Kier alpha value is -2.47. The molecule has 1 N–H and O–H groups in total. The summed E-state index contributed by atoms with van der Waals surface area (Å²) in [4.78, 5) is 13.5. The molecule has 3 aromatic rings. The van der Waals surface area contributed by atoms with Gasteiger partial charge in [0.05, 0.1) is 30.5 Å². The molecule has 5 nitrogen and oxygen atoms in total. The molecular weight excluding hydrogens is 370 g/mol. The Balaban J connectivity index is 1.51. The molecule has 0 radical (unpaired) electrons. The molecule has 148 valence electrons. The largest absolute Gasteiger partial charge is 0.464 e. The fourth-order valence-corrected chi connectivity index (χ4v) is 4.04. The summed E-state index contributed by atoms with van der Waals surface area (Å²) in [5.41, 5.74) is 4.02. The summed E-state index contributed by atoms with van der Waals surface area (Å²) in [7, 11) is 0.